The maximum absolute atomic E-state index is 12.8. The molecule has 1 aromatic rings. The number of hydrogen-bond acceptors (Lipinski definition) is 8. The first kappa shape index (κ1) is 21.4. The molecule has 0 amide bonds. The molecule has 0 radical (unpaired) electrons. The summed E-state index contributed by atoms with van der Waals surface area (Å²) in [5.41, 5.74) is -4.94. The fourth-order valence-electron chi connectivity index (χ4n) is 3.09. The van der Waals surface area contributed by atoms with E-state index >= 15 is 0 Å². The molecule has 0 aliphatic carbocycles. The van der Waals surface area contributed by atoms with E-state index < -0.39 is 52.6 Å². The Balaban J connectivity index is 1.85. The number of hydrogen-bond donors (Lipinski definition) is 0. The van der Waals surface area contributed by atoms with Gasteiger partial charge in [-0.2, -0.15) is 21.6 Å². The average molecular weight is 428 g/mol. The van der Waals surface area contributed by atoms with Gasteiger partial charge in [0.25, 0.3) is 0 Å². The van der Waals surface area contributed by atoms with Crippen LogP contribution in [0.3, 0.4) is 0 Å². The number of halogens is 3. The Hall–Kier alpha value is -1.28. The lowest BCUT2D eigenvalue weighted by atomic mass is 9.97. The molecule has 6 atom stereocenters. The Morgan fingerprint density at radius 3 is 2.29 bits per heavy atom. The van der Waals surface area contributed by atoms with Crippen molar-refractivity contribution in [3.05, 3.63) is 35.9 Å². The van der Waals surface area contributed by atoms with Gasteiger partial charge in [-0.3, -0.25) is 4.18 Å². The third kappa shape index (κ3) is 4.17. The Bertz CT molecular complexity index is 757. The lowest BCUT2D eigenvalue weighted by molar-refractivity contribution is -0.357. The zero-order chi connectivity index (χ0) is 20.5. The number of fused-ring (bicyclic) bond motifs is 1. The summed E-state index contributed by atoms with van der Waals surface area (Å²) in [5.74, 6) is 0. The van der Waals surface area contributed by atoms with Crippen LogP contribution in [0, 0.1) is 0 Å². The first-order chi connectivity index (χ1) is 13.2. The molecule has 2 saturated heterocycles. The van der Waals surface area contributed by atoms with Crippen LogP contribution in [-0.2, 0) is 38.0 Å². The summed E-state index contributed by atoms with van der Waals surface area (Å²) in [5, 5.41) is 0. The van der Waals surface area contributed by atoms with Crippen molar-refractivity contribution in [1.82, 2.24) is 0 Å². The molecule has 1 unspecified atom stereocenters. The molecule has 0 aromatic heterocycles. The first-order valence-electron chi connectivity index (χ1n) is 8.20. The van der Waals surface area contributed by atoms with Gasteiger partial charge in [-0.15, -0.1) is 0 Å². The molecule has 2 heterocycles. The van der Waals surface area contributed by atoms with Crippen molar-refractivity contribution >= 4 is 10.1 Å². The summed E-state index contributed by atoms with van der Waals surface area (Å²) in [6.07, 6.45) is -6.95. The topological polar surface area (TPSA) is 89.5 Å². The zero-order valence-electron chi connectivity index (χ0n) is 14.9. The number of rotatable bonds is 5. The van der Waals surface area contributed by atoms with E-state index in [1.54, 1.807) is 30.3 Å². The number of benzene rings is 1. The largest absolute Gasteiger partial charge is 0.523 e. The molecule has 0 N–H and O–H groups in total. The molecule has 0 saturated carbocycles. The van der Waals surface area contributed by atoms with Crippen molar-refractivity contribution in [1.29, 1.82) is 0 Å². The lowest BCUT2D eigenvalue weighted by Crippen LogP contribution is -2.63. The number of alkyl halides is 3. The van der Waals surface area contributed by atoms with Gasteiger partial charge in [-0.05, 0) is 0 Å². The standard InChI is InChI=1S/C16H19F3O8S/c1-22-12-11-10(8-24-14(26-11)9-6-4-3-5-7-9)25-15(23-2)13(12)27-28(20,21)16(17,18)19/h3-7,10-15H,8H2,1-2H3/t10-,11-,12+,13+,14?,15-/m1/s1. The summed E-state index contributed by atoms with van der Waals surface area (Å²) < 4.78 is 92.9. The highest BCUT2D eigenvalue weighted by Crippen LogP contribution is 2.38. The van der Waals surface area contributed by atoms with E-state index in [1.807, 2.05) is 0 Å². The second kappa shape index (κ2) is 8.22. The minimum absolute atomic E-state index is 0.0304. The summed E-state index contributed by atoms with van der Waals surface area (Å²) in [7, 11) is -3.57. The minimum Gasteiger partial charge on any atom is -0.376 e. The molecule has 0 spiro atoms. The van der Waals surface area contributed by atoms with Gasteiger partial charge < -0.3 is 23.7 Å². The Kier molecular flexibility index (Phi) is 6.29. The van der Waals surface area contributed by atoms with E-state index in [1.165, 1.54) is 7.11 Å². The quantitative estimate of drug-likeness (QED) is 0.518. The van der Waals surface area contributed by atoms with E-state index in [0.29, 0.717) is 5.56 Å². The Morgan fingerprint density at radius 2 is 1.71 bits per heavy atom. The average Bonchev–Trinajstić information content (AvgIpc) is 2.66. The molecule has 2 aliphatic heterocycles. The highest BCUT2D eigenvalue weighted by atomic mass is 32.2. The number of ether oxygens (including phenoxy) is 5. The second-order valence-electron chi connectivity index (χ2n) is 6.12. The van der Waals surface area contributed by atoms with Gasteiger partial charge in [0.1, 0.15) is 18.3 Å². The highest BCUT2D eigenvalue weighted by molar-refractivity contribution is 7.87. The third-order valence-electron chi connectivity index (χ3n) is 4.38. The van der Waals surface area contributed by atoms with Crippen molar-refractivity contribution in [2.75, 3.05) is 20.8 Å². The van der Waals surface area contributed by atoms with Crippen LogP contribution in [-0.4, -0.2) is 65.5 Å². The molecule has 158 valence electrons. The summed E-state index contributed by atoms with van der Waals surface area (Å²) >= 11 is 0. The van der Waals surface area contributed by atoms with Crippen LogP contribution in [0.4, 0.5) is 13.2 Å². The SMILES string of the molecule is CO[C@@H]1O[C@@H]2COC(c3ccccc3)O[C@H]2[C@H](OC)[C@@H]1OS(=O)(=O)C(F)(F)F. The molecular formula is C16H19F3O8S. The molecule has 8 nitrogen and oxygen atoms in total. The highest BCUT2D eigenvalue weighted by Gasteiger charge is 2.56. The van der Waals surface area contributed by atoms with Gasteiger partial charge in [0.2, 0.25) is 0 Å². The maximum atomic E-state index is 12.8. The zero-order valence-corrected chi connectivity index (χ0v) is 15.7. The van der Waals surface area contributed by atoms with Crippen molar-refractivity contribution in [3.8, 4) is 0 Å². The van der Waals surface area contributed by atoms with Crippen LogP contribution < -0.4 is 0 Å². The van der Waals surface area contributed by atoms with E-state index in [2.05, 4.69) is 4.18 Å². The van der Waals surface area contributed by atoms with E-state index in [-0.39, 0.29) is 6.61 Å². The summed E-state index contributed by atoms with van der Waals surface area (Å²) in [6.45, 7) is 0.0304. The Morgan fingerprint density at radius 1 is 1.04 bits per heavy atom. The maximum Gasteiger partial charge on any atom is 0.523 e. The van der Waals surface area contributed by atoms with Crippen molar-refractivity contribution in [3.63, 3.8) is 0 Å². The summed E-state index contributed by atoms with van der Waals surface area (Å²) in [6, 6.07) is 8.82. The molecule has 2 aliphatic rings. The monoisotopic (exact) mass is 428 g/mol. The third-order valence-corrected chi connectivity index (χ3v) is 5.42. The predicted molar refractivity (Wildman–Crippen MR) is 86.3 cm³/mol. The van der Waals surface area contributed by atoms with Crippen molar-refractivity contribution < 1.29 is 49.5 Å². The predicted octanol–water partition coefficient (Wildman–Crippen LogP) is 1.72. The van der Waals surface area contributed by atoms with Crippen LogP contribution in [0.25, 0.3) is 0 Å². The molecule has 12 heteroatoms. The van der Waals surface area contributed by atoms with Gasteiger partial charge in [0.15, 0.2) is 18.7 Å². The van der Waals surface area contributed by atoms with E-state index in [9.17, 15) is 21.6 Å². The van der Waals surface area contributed by atoms with Gasteiger partial charge >= 0.3 is 15.6 Å². The first-order valence-corrected chi connectivity index (χ1v) is 9.61. The van der Waals surface area contributed by atoms with Crippen LogP contribution in [0.15, 0.2) is 30.3 Å². The smallest absolute Gasteiger partial charge is 0.376 e. The van der Waals surface area contributed by atoms with E-state index in [0.717, 1.165) is 7.11 Å². The number of methoxy groups -OCH3 is 2. The van der Waals surface area contributed by atoms with Crippen LogP contribution in [0.2, 0.25) is 0 Å². The Labute approximate surface area is 159 Å². The van der Waals surface area contributed by atoms with Crippen LogP contribution in [0.5, 0.6) is 0 Å². The van der Waals surface area contributed by atoms with Crippen LogP contribution in [0.1, 0.15) is 11.9 Å². The second-order valence-corrected chi connectivity index (χ2v) is 7.68. The molecule has 2 fully saturated rings. The van der Waals surface area contributed by atoms with E-state index in [4.69, 9.17) is 23.7 Å². The minimum atomic E-state index is -5.91. The van der Waals surface area contributed by atoms with Gasteiger partial charge in [0.05, 0.1) is 6.61 Å². The molecular weight excluding hydrogens is 409 g/mol. The summed E-state index contributed by atoms with van der Waals surface area (Å²) in [4.78, 5) is 0. The van der Waals surface area contributed by atoms with Crippen LogP contribution >= 0.6 is 0 Å². The van der Waals surface area contributed by atoms with Gasteiger partial charge in [-0.25, -0.2) is 0 Å². The van der Waals surface area contributed by atoms with Crippen molar-refractivity contribution in [2.45, 2.75) is 42.5 Å². The lowest BCUT2D eigenvalue weighted by Gasteiger charge is -2.47. The molecule has 1 aromatic carbocycles. The van der Waals surface area contributed by atoms with Crippen molar-refractivity contribution in [2.24, 2.45) is 0 Å². The molecule has 0 bridgehead atoms. The van der Waals surface area contributed by atoms with Gasteiger partial charge in [-0.1, -0.05) is 30.3 Å². The fraction of sp³-hybridized carbons (Fsp3) is 0.625. The molecule has 28 heavy (non-hydrogen) atoms. The molecule has 3 rings (SSSR count). The van der Waals surface area contributed by atoms with Gasteiger partial charge in [0, 0.05) is 19.8 Å². The normalized spacial score (nSPS) is 34.0. The fourth-order valence-corrected chi connectivity index (χ4v) is 3.69.